The Labute approximate surface area is 183 Å². The third-order valence-electron chi connectivity index (χ3n) is 4.68. The van der Waals surface area contributed by atoms with Crippen LogP contribution in [0.1, 0.15) is 29.8 Å². The second-order valence-corrected chi connectivity index (χ2v) is 8.06. The van der Waals surface area contributed by atoms with E-state index in [2.05, 4.69) is 31.7 Å². The first-order chi connectivity index (χ1) is 14.3. The molecule has 0 bridgehead atoms. The van der Waals surface area contributed by atoms with Gasteiger partial charge in [-0.05, 0) is 53.5 Å². The Kier molecular flexibility index (Phi) is 6.56. The minimum absolute atomic E-state index is 0.178. The van der Waals surface area contributed by atoms with Gasteiger partial charge in [0.1, 0.15) is 11.3 Å². The number of nitrogens with one attached hydrogen (secondary N) is 2. The van der Waals surface area contributed by atoms with Crippen molar-refractivity contribution in [2.24, 2.45) is 0 Å². The zero-order chi connectivity index (χ0) is 21.7. The van der Waals surface area contributed by atoms with Crippen LogP contribution >= 0.6 is 15.9 Å². The molecular weight excluding hydrogens is 448 g/mol. The first-order valence-corrected chi connectivity index (χ1v) is 10.1. The van der Waals surface area contributed by atoms with E-state index < -0.39 is 5.54 Å². The summed E-state index contributed by atoms with van der Waals surface area (Å²) in [4.78, 5) is 25.4. The molecule has 7 nitrogen and oxygen atoms in total. The monoisotopic (exact) mass is 470 g/mol. The van der Waals surface area contributed by atoms with E-state index in [1.54, 1.807) is 45.4 Å². The molecule has 0 aliphatic carbocycles. The molecule has 0 radical (unpaired) electrons. The van der Waals surface area contributed by atoms with Crippen molar-refractivity contribution in [3.05, 3.63) is 76.5 Å². The van der Waals surface area contributed by atoms with Crippen LogP contribution in [0.25, 0.3) is 0 Å². The lowest BCUT2D eigenvalue weighted by molar-refractivity contribution is -0.129. The number of hydrogen-bond acceptors (Lipinski definition) is 4. The highest BCUT2D eigenvalue weighted by Crippen LogP contribution is 2.24. The Hall–Kier alpha value is -3.13. The highest BCUT2D eigenvalue weighted by Gasteiger charge is 2.30. The quantitative estimate of drug-likeness (QED) is 0.547. The van der Waals surface area contributed by atoms with Gasteiger partial charge in [0.2, 0.25) is 5.91 Å². The number of nitrogens with zero attached hydrogens (tertiary/aromatic N) is 2. The fraction of sp³-hybridized carbons (Fsp3) is 0.227. The molecule has 0 saturated carbocycles. The number of amides is 2. The number of carbonyl (C=O) groups is 2. The lowest BCUT2D eigenvalue weighted by Gasteiger charge is -2.24. The van der Waals surface area contributed by atoms with E-state index in [9.17, 15) is 9.59 Å². The van der Waals surface area contributed by atoms with E-state index in [0.29, 0.717) is 28.0 Å². The summed E-state index contributed by atoms with van der Waals surface area (Å²) in [5.41, 5.74) is 0.994. The van der Waals surface area contributed by atoms with Crippen LogP contribution < -0.4 is 15.4 Å². The van der Waals surface area contributed by atoms with Gasteiger partial charge in [-0.3, -0.25) is 14.3 Å². The maximum absolute atomic E-state index is 12.7. The molecule has 1 heterocycles. The van der Waals surface area contributed by atoms with Crippen molar-refractivity contribution in [1.82, 2.24) is 15.1 Å². The minimum atomic E-state index is -0.936. The molecule has 0 fully saturated rings. The van der Waals surface area contributed by atoms with Crippen molar-refractivity contribution in [1.29, 1.82) is 0 Å². The van der Waals surface area contributed by atoms with Crippen LogP contribution in [-0.2, 0) is 16.9 Å². The summed E-state index contributed by atoms with van der Waals surface area (Å²) in [6.07, 6.45) is 3.15. The topological polar surface area (TPSA) is 85.2 Å². The third-order valence-corrected chi connectivity index (χ3v) is 5.37. The molecule has 156 valence electrons. The highest BCUT2D eigenvalue weighted by molar-refractivity contribution is 9.10. The highest BCUT2D eigenvalue weighted by atomic mass is 79.9. The molecule has 1 aromatic heterocycles. The fourth-order valence-electron chi connectivity index (χ4n) is 2.80. The fourth-order valence-corrected chi connectivity index (χ4v) is 3.22. The van der Waals surface area contributed by atoms with Gasteiger partial charge in [0, 0.05) is 17.2 Å². The standard InChI is InChI=1S/C22H23BrN4O3/c1-22(2,21(29)24-12-15-7-5-4-6-8-15)27-14-16(13-25-27)26-20(28)18-11-17(30-3)9-10-19(18)23/h4-11,13-14H,12H2,1-3H3,(H,24,29)(H,26,28). The third kappa shape index (κ3) is 4.88. The summed E-state index contributed by atoms with van der Waals surface area (Å²) < 4.78 is 7.36. The number of aromatic nitrogens is 2. The summed E-state index contributed by atoms with van der Waals surface area (Å²) in [6.45, 7) is 3.97. The summed E-state index contributed by atoms with van der Waals surface area (Å²) in [6, 6.07) is 14.8. The number of anilines is 1. The Morgan fingerprint density at radius 1 is 1.17 bits per heavy atom. The van der Waals surface area contributed by atoms with Gasteiger partial charge in [0.25, 0.3) is 5.91 Å². The number of carbonyl (C=O) groups excluding carboxylic acids is 2. The van der Waals surface area contributed by atoms with Crippen LogP contribution in [-0.4, -0.2) is 28.7 Å². The van der Waals surface area contributed by atoms with Crippen molar-refractivity contribution >= 4 is 33.4 Å². The van der Waals surface area contributed by atoms with Crippen LogP contribution in [0.15, 0.2) is 65.4 Å². The summed E-state index contributed by atoms with van der Waals surface area (Å²) in [5, 5.41) is 10.00. The lowest BCUT2D eigenvalue weighted by atomic mass is 10.0. The van der Waals surface area contributed by atoms with E-state index in [1.807, 2.05) is 30.3 Å². The number of benzene rings is 2. The van der Waals surface area contributed by atoms with Gasteiger partial charge in [-0.2, -0.15) is 5.10 Å². The van der Waals surface area contributed by atoms with E-state index in [1.165, 1.54) is 10.9 Å². The molecule has 0 spiro atoms. The summed E-state index contributed by atoms with van der Waals surface area (Å²) >= 11 is 3.38. The van der Waals surface area contributed by atoms with Crippen molar-refractivity contribution in [3.8, 4) is 5.75 Å². The second kappa shape index (κ2) is 9.13. The average Bonchev–Trinajstić information content (AvgIpc) is 3.22. The predicted octanol–water partition coefficient (Wildman–Crippen LogP) is 3.96. The lowest BCUT2D eigenvalue weighted by Crippen LogP contribution is -2.44. The van der Waals surface area contributed by atoms with Crippen molar-refractivity contribution < 1.29 is 14.3 Å². The zero-order valence-corrected chi connectivity index (χ0v) is 18.6. The van der Waals surface area contributed by atoms with Gasteiger partial charge in [-0.1, -0.05) is 30.3 Å². The van der Waals surface area contributed by atoms with Crippen LogP contribution in [0.3, 0.4) is 0 Å². The average molecular weight is 471 g/mol. The first kappa shape index (κ1) is 21.6. The second-order valence-electron chi connectivity index (χ2n) is 7.20. The number of ether oxygens (including phenoxy) is 1. The zero-order valence-electron chi connectivity index (χ0n) is 17.0. The van der Waals surface area contributed by atoms with Crippen LogP contribution in [0.2, 0.25) is 0 Å². The van der Waals surface area contributed by atoms with Crippen LogP contribution in [0, 0.1) is 0 Å². The number of halogens is 1. The van der Waals surface area contributed by atoms with Crippen molar-refractivity contribution in [3.63, 3.8) is 0 Å². The molecule has 3 rings (SSSR count). The molecule has 0 saturated heterocycles. The molecule has 2 aromatic carbocycles. The Morgan fingerprint density at radius 3 is 2.60 bits per heavy atom. The molecule has 2 N–H and O–H groups in total. The van der Waals surface area contributed by atoms with Gasteiger partial charge in [-0.15, -0.1) is 0 Å². The predicted molar refractivity (Wildman–Crippen MR) is 118 cm³/mol. The Morgan fingerprint density at radius 2 is 1.90 bits per heavy atom. The molecule has 0 aliphatic heterocycles. The van der Waals surface area contributed by atoms with Crippen LogP contribution in [0.5, 0.6) is 5.75 Å². The van der Waals surface area contributed by atoms with Crippen LogP contribution in [0.4, 0.5) is 5.69 Å². The summed E-state index contributed by atoms with van der Waals surface area (Å²) in [7, 11) is 1.54. The summed E-state index contributed by atoms with van der Waals surface area (Å²) in [5.74, 6) is 0.0878. The van der Waals surface area contributed by atoms with E-state index in [-0.39, 0.29) is 11.8 Å². The molecule has 30 heavy (non-hydrogen) atoms. The number of methoxy groups -OCH3 is 1. The van der Waals surface area contributed by atoms with Gasteiger partial charge in [0.15, 0.2) is 0 Å². The normalized spacial score (nSPS) is 11.1. The molecular formula is C22H23BrN4O3. The Bertz CT molecular complexity index is 1050. The maximum Gasteiger partial charge on any atom is 0.257 e. The molecule has 0 aliphatic rings. The molecule has 8 heteroatoms. The number of rotatable bonds is 7. The van der Waals surface area contributed by atoms with E-state index in [4.69, 9.17) is 4.74 Å². The van der Waals surface area contributed by atoms with E-state index >= 15 is 0 Å². The molecule has 3 aromatic rings. The first-order valence-electron chi connectivity index (χ1n) is 9.33. The largest absolute Gasteiger partial charge is 0.497 e. The Balaban J connectivity index is 1.68. The minimum Gasteiger partial charge on any atom is -0.497 e. The molecule has 0 unspecified atom stereocenters. The van der Waals surface area contributed by atoms with Crippen molar-refractivity contribution in [2.45, 2.75) is 25.9 Å². The van der Waals surface area contributed by atoms with Gasteiger partial charge in [-0.25, -0.2) is 0 Å². The SMILES string of the molecule is COc1ccc(Br)c(C(=O)Nc2cnn(C(C)(C)C(=O)NCc3ccccc3)c2)c1. The maximum atomic E-state index is 12.7. The van der Waals surface area contributed by atoms with Crippen molar-refractivity contribution in [2.75, 3.05) is 12.4 Å². The molecule has 0 atom stereocenters. The van der Waals surface area contributed by atoms with E-state index in [0.717, 1.165) is 5.56 Å². The smallest absolute Gasteiger partial charge is 0.257 e. The number of hydrogen-bond donors (Lipinski definition) is 2. The van der Waals surface area contributed by atoms with Gasteiger partial charge >= 0.3 is 0 Å². The molecule has 2 amide bonds. The van der Waals surface area contributed by atoms with Gasteiger partial charge in [0.05, 0.1) is 24.6 Å². The van der Waals surface area contributed by atoms with Gasteiger partial charge < -0.3 is 15.4 Å².